The van der Waals surface area contributed by atoms with Crippen molar-refractivity contribution in [1.82, 2.24) is 0 Å². The number of fused-ring (bicyclic) bond motifs is 1. The quantitative estimate of drug-likeness (QED) is 0.399. The molecule has 1 heterocycles. The Bertz CT molecular complexity index is 591. The third-order valence-electron chi connectivity index (χ3n) is 3.10. The van der Waals surface area contributed by atoms with Crippen LogP contribution in [0.15, 0.2) is 63.1 Å². The van der Waals surface area contributed by atoms with E-state index in [9.17, 15) is 0 Å². The van der Waals surface area contributed by atoms with Crippen molar-refractivity contribution in [3.63, 3.8) is 0 Å². The first-order valence-electron chi connectivity index (χ1n) is 6.15. The van der Waals surface area contributed by atoms with Crippen LogP contribution in [-0.4, -0.2) is 0 Å². The average Bonchev–Trinajstić information content (AvgIpc) is 3.08. The van der Waals surface area contributed by atoms with Crippen LogP contribution in [0.3, 0.4) is 0 Å². The summed E-state index contributed by atoms with van der Waals surface area (Å²) in [5.74, 6) is 1.72. The van der Waals surface area contributed by atoms with Gasteiger partial charge >= 0.3 is 26.2 Å². The molecule has 0 spiro atoms. The monoisotopic (exact) mass is 476 g/mol. The zero-order valence-electron chi connectivity index (χ0n) is 11.8. The second-order valence-corrected chi connectivity index (χ2v) is 5.34. The fourth-order valence-corrected chi connectivity index (χ4v) is 2.93. The molecule has 0 amide bonds. The van der Waals surface area contributed by atoms with E-state index in [4.69, 9.17) is 9.47 Å². The predicted octanol–water partition coefficient (Wildman–Crippen LogP) is -1.39. The molecule has 4 rings (SSSR count). The Balaban J connectivity index is 0.000000482. The van der Waals surface area contributed by atoms with E-state index in [1.165, 1.54) is 23.5 Å². The molecule has 0 unspecified atom stereocenters. The normalized spacial score (nSPS) is 19.2. The van der Waals surface area contributed by atoms with E-state index in [2.05, 4.69) is 47.2 Å². The Morgan fingerprint density at radius 2 is 2.00 bits per heavy atom. The Hall–Kier alpha value is -0.0169. The van der Waals surface area contributed by atoms with E-state index in [1.54, 1.807) is 0 Å². The van der Waals surface area contributed by atoms with Gasteiger partial charge in [-0.1, -0.05) is 17.7 Å². The Morgan fingerprint density at radius 1 is 1.23 bits per heavy atom. The number of ether oxygens (including phenoxy) is 2. The van der Waals surface area contributed by atoms with Gasteiger partial charge in [0.2, 0.25) is 0 Å². The van der Waals surface area contributed by atoms with Gasteiger partial charge in [0.1, 0.15) is 11.5 Å². The molecule has 22 heavy (non-hydrogen) atoms. The summed E-state index contributed by atoms with van der Waals surface area (Å²) in [4.78, 5) is 0. The number of allylic oxidation sites excluding steroid dienone is 10. The molecule has 0 atom stereocenters. The van der Waals surface area contributed by atoms with E-state index in [0.717, 1.165) is 28.8 Å². The summed E-state index contributed by atoms with van der Waals surface area (Å²) in [7, 11) is 0. The second-order valence-electron chi connectivity index (χ2n) is 4.55. The van der Waals surface area contributed by atoms with Crippen LogP contribution in [0.25, 0.3) is 0 Å². The molecule has 2 nitrogen and oxygen atoms in total. The second kappa shape index (κ2) is 9.97. The smallest absolute Gasteiger partial charge is 1.00 e. The van der Waals surface area contributed by atoms with Gasteiger partial charge in [0.25, 0.3) is 0 Å². The summed E-state index contributed by atoms with van der Waals surface area (Å²) in [6.07, 6.45) is 15.2. The molecular weight excluding hydrogens is 466 g/mol. The maximum absolute atomic E-state index is 5.28. The Kier molecular flexibility index (Phi) is 9.97. The maximum atomic E-state index is 5.28. The Morgan fingerprint density at radius 3 is 2.59 bits per heavy atom. The van der Waals surface area contributed by atoms with Crippen molar-refractivity contribution in [2.24, 2.45) is 0 Å². The van der Waals surface area contributed by atoms with Crippen LogP contribution in [0, 0.1) is 12.9 Å². The summed E-state index contributed by atoms with van der Waals surface area (Å²) in [6, 6.07) is 0. The van der Waals surface area contributed by atoms with Crippen molar-refractivity contribution in [1.29, 1.82) is 0 Å². The molecule has 0 aromatic heterocycles. The van der Waals surface area contributed by atoms with Gasteiger partial charge in [-0.15, -0.1) is 6.42 Å². The number of hydrogen-bond donors (Lipinski definition) is 0. The van der Waals surface area contributed by atoms with Crippen LogP contribution in [0.4, 0.5) is 0 Å². The van der Waals surface area contributed by atoms with E-state index < -0.39 is 0 Å². The first kappa shape index (κ1) is 22.0. The first-order chi connectivity index (χ1) is 9.25. The van der Waals surface area contributed by atoms with Crippen molar-refractivity contribution >= 4 is 15.9 Å². The molecule has 0 saturated carbocycles. The van der Waals surface area contributed by atoms with E-state index in [-0.39, 0.29) is 51.0 Å². The molecular formula is C16H13BrCl2O2Zr. The molecule has 0 radical (unpaired) electrons. The minimum atomic E-state index is 0. The van der Waals surface area contributed by atoms with Crippen LogP contribution in [0.1, 0.15) is 19.8 Å². The molecule has 3 aliphatic carbocycles. The van der Waals surface area contributed by atoms with Crippen molar-refractivity contribution in [3.8, 4) is 0 Å². The van der Waals surface area contributed by atoms with Gasteiger partial charge in [0.05, 0.1) is 4.48 Å². The Labute approximate surface area is 171 Å². The minimum absolute atomic E-state index is 0. The average molecular weight is 479 g/mol. The maximum Gasteiger partial charge on any atom is 4.00 e. The van der Waals surface area contributed by atoms with Crippen molar-refractivity contribution in [2.75, 3.05) is 0 Å². The number of hydrogen-bond acceptors (Lipinski definition) is 2. The standard InChI is InChI=1S/C11H8BrO2.C5H5.2ClH.Zr/c1-6-2-7-4-9-11(14-5-13-9)10(12)8(7)3-6;1-2-4-5-3-1;;;/h2-3,5H,4H2,1H3;1-3H,4H2;2*1H;/q2*-1;;;+4/p-2. The summed E-state index contributed by atoms with van der Waals surface area (Å²) in [6.45, 7) is 3.47. The van der Waals surface area contributed by atoms with E-state index in [0.29, 0.717) is 0 Å². The van der Waals surface area contributed by atoms with Gasteiger partial charge in [-0.05, 0) is 34.0 Å². The van der Waals surface area contributed by atoms with Crippen molar-refractivity contribution < 1.29 is 60.5 Å². The molecule has 6 heteroatoms. The van der Waals surface area contributed by atoms with E-state index in [1.807, 2.05) is 12.2 Å². The summed E-state index contributed by atoms with van der Waals surface area (Å²) < 4.78 is 11.6. The zero-order valence-corrected chi connectivity index (χ0v) is 17.4. The van der Waals surface area contributed by atoms with Crippen molar-refractivity contribution in [3.05, 3.63) is 76.0 Å². The fraction of sp³-hybridized carbons (Fsp3) is 0.188. The minimum Gasteiger partial charge on any atom is -1.00 e. The third-order valence-corrected chi connectivity index (χ3v) is 3.89. The number of rotatable bonds is 0. The van der Waals surface area contributed by atoms with E-state index >= 15 is 0 Å². The van der Waals surface area contributed by atoms with Gasteiger partial charge < -0.3 is 34.3 Å². The third kappa shape index (κ3) is 4.74. The first-order valence-corrected chi connectivity index (χ1v) is 6.94. The predicted molar refractivity (Wildman–Crippen MR) is 77.5 cm³/mol. The summed E-state index contributed by atoms with van der Waals surface area (Å²) in [5.41, 5.74) is 3.80. The van der Waals surface area contributed by atoms with Crippen LogP contribution in [0.5, 0.6) is 0 Å². The topological polar surface area (TPSA) is 18.5 Å². The molecule has 0 aromatic rings. The molecule has 0 aromatic carbocycles. The van der Waals surface area contributed by atoms with Crippen LogP contribution in [-0.2, 0) is 35.7 Å². The molecule has 0 fully saturated rings. The fourth-order valence-electron chi connectivity index (χ4n) is 2.25. The van der Waals surface area contributed by atoms with Crippen LogP contribution in [0.2, 0.25) is 0 Å². The molecule has 114 valence electrons. The van der Waals surface area contributed by atoms with Crippen molar-refractivity contribution in [2.45, 2.75) is 19.8 Å². The molecule has 0 saturated heterocycles. The largest absolute Gasteiger partial charge is 4.00 e. The van der Waals surface area contributed by atoms with Crippen LogP contribution < -0.4 is 24.8 Å². The number of halogens is 3. The molecule has 0 bridgehead atoms. The van der Waals surface area contributed by atoms with Gasteiger partial charge in [-0.25, -0.2) is 12.2 Å². The summed E-state index contributed by atoms with van der Waals surface area (Å²) in [5, 5.41) is 0. The van der Waals surface area contributed by atoms with Gasteiger partial charge in [-0.2, -0.15) is 6.08 Å². The van der Waals surface area contributed by atoms with Gasteiger partial charge in [0, 0.05) is 13.2 Å². The molecule has 0 N–H and O–H groups in total. The zero-order chi connectivity index (χ0) is 13.2. The molecule has 1 aliphatic heterocycles. The summed E-state index contributed by atoms with van der Waals surface area (Å²) >= 11 is 3.54. The van der Waals surface area contributed by atoms with Crippen LogP contribution >= 0.6 is 15.9 Å². The van der Waals surface area contributed by atoms with Gasteiger partial charge in [-0.3, -0.25) is 6.08 Å². The van der Waals surface area contributed by atoms with Gasteiger partial charge in [0.15, 0.2) is 0 Å². The SMILES string of the molecule is CC1=CC2=C(Br)C3=C(CC2=C1)O[CH-]O3.[C-]1=CC=CC1.[Cl-].[Cl-].[Zr+4]. The molecule has 4 aliphatic rings.